The van der Waals surface area contributed by atoms with Gasteiger partial charge in [0.2, 0.25) is 0 Å². The molecule has 4 aliphatic heterocycles. The number of hydrogen-bond acceptors (Lipinski definition) is 17. The molecule has 0 amide bonds. The van der Waals surface area contributed by atoms with E-state index < -0.39 is 102 Å². The molecule has 5 heterocycles. The van der Waals surface area contributed by atoms with Crippen LogP contribution in [0.1, 0.15) is 132 Å². The van der Waals surface area contributed by atoms with E-state index in [4.69, 9.17) is 28.4 Å². The number of ether oxygens (including phenoxy) is 6. The van der Waals surface area contributed by atoms with Crippen LogP contribution in [-0.2, 0) is 52.7 Å². The summed E-state index contributed by atoms with van der Waals surface area (Å²) in [6.07, 6.45) is -1.63. The van der Waals surface area contributed by atoms with Gasteiger partial charge in [-0.3, -0.25) is 14.4 Å². The fourth-order valence-corrected chi connectivity index (χ4v) is 12.9. The van der Waals surface area contributed by atoms with Crippen molar-refractivity contribution in [2.45, 2.75) is 230 Å². The molecule has 18 heteroatoms. The highest BCUT2D eigenvalue weighted by atomic mass is 16.7. The number of hydrogen-bond donors (Lipinski definition) is 4. The van der Waals surface area contributed by atoms with E-state index in [1.165, 1.54) is 38.1 Å². The van der Waals surface area contributed by atoms with Gasteiger partial charge >= 0.3 is 5.97 Å². The number of benzene rings is 2. The van der Waals surface area contributed by atoms with Crippen molar-refractivity contribution < 1.29 is 58.7 Å². The maximum Gasteiger partial charge on any atom is 0.311 e. The average molecular weight is 1090 g/mol. The summed E-state index contributed by atoms with van der Waals surface area (Å²) >= 11 is 0. The van der Waals surface area contributed by atoms with E-state index in [-0.39, 0.29) is 31.3 Å². The predicted octanol–water partition coefficient (Wildman–Crippen LogP) is 5.72. The van der Waals surface area contributed by atoms with E-state index in [0.29, 0.717) is 19.5 Å². The molecule has 3 aromatic rings. The van der Waals surface area contributed by atoms with Gasteiger partial charge in [0.05, 0.1) is 59.9 Å². The SMILES string of the molecule is CC[C@H]1OC(=O)[C@H](C)[C@@H](O[C@H]2C[C@@](C)(OC)[C@@H](O)[C@H](C)O2)[C@H](C)[C@@H](O[C@@H]2O[C@H](C)C[C@H](N(C)Cc3ccc(-c4cn(CCCCCCN5CCc6ccccc65)nn4)cc3)[C@H]2O)[C@](C)(O)C[C@@H](C)CN(C)[C@H](C)[C@@H](O)[C@]1(C)[O-]. The number of aromatic nitrogens is 3. The van der Waals surface area contributed by atoms with Gasteiger partial charge in [-0.25, -0.2) is 0 Å². The molecule has 0 bridgehead atoms. The Bertz CT molecular complexity index is 2360. The van der Waals surface area contributed by atoms with Crippen molar-refractivity contribution in [2.24, 2.45) is 17.8 Å². The average Bonchev–Trinajstić information content (AvgIpc) is 4.09. The van der Waals surface area contributed by atoms with Crippen LogP contribution in [0.4, 0.5) is 5.69 Å². The minimum atomic E-state index is -2.08. The van der Waals surface area contributed by atoms with Crippen LogP contribution in [0.15, 0.2) is 54.7 Å². The topological polar surface area (TPSA) is 217 Å². The molecule has 3 fully saturated rings. The van der Waals surface area contributed by atoms with Gasteiger partial charge in [0, 0.05) is 75.5 Å². The number of carbonyl (C=O) groups is 1. The number of unbranched alkanes of at least 4 members (excludes halogenated alkanes) is 3. The number of anilines is 1. The monoisotopic (exact) mass is 1090 g/mol. The van der Waals surface area contributed by atoms with Crippen molar-refractivity contribution in [1.29, 1.82) is 0 Å². The Morgan fingerprint density at radius 1 is 0.897 bits per heavy atom. The first kappa shape index (κ1) is 62.0. The minimum Gasteiger partial charge on any atom is -0.845 e. The van der Waals surface area contributed by atoms with Crippen LogP contribution in [0, 0.1) is 17.8 Å². The van der Waals surface area contributed by atoms with E-state index in [1.807, 2.05) is 50.6 Å². The molecular formula is C60H95N6O12-. The van der Waals surface area contributed by atoms with E-state index in [0.717, 1.165) is 55.7 Å². The van der Waals surface area contributed by atoms with Crippen LogP contribution >= 0.6 is 0 Å². The van der Waals surface area contributed by atoms with Gasteiger partial charge in [-0.05, 0) is 123 Å². The first-order chi connectivity index (χ1) is 36.9. The highest BCUT2D eigenvalue weighted by molar-refractivity contribution is 5.73. The maximum absolute atomic E-state index is 14.5. The molecule has 0 saturated carbocycles. The summed E-state index contributed by atoms with van der Waals surface area (Å²) in [5.41, 5.74) is 0.885. The van der Waals surface area contributed by atoms with Crippen LogP contribution in [0.5, 0.6) is 0 Å². The summed E-state index contributed by atoms with van der Waals surface area (Å²) in [6.45, 7) is 21.4. The van der Waals surface area contributed by atoms with Gasteiger partial charge in [-0.1, -0.05) is 88.2 Å². The van der Waals surface area contributed by atoms with Gasteiger partial charge in [0.15, 0.2) is 12.6 Å². The van der Waals surface area contributed by atoms with E-state index >= 15 is 0 Å². The smallest absolute Gasteiger partial charge is 0.311 e. The Labute approximate surface area is 464 Å². The molecule has 2 aromatic carbocycles. The Morgan fingerprint density at radius 3 is 2.28 bits per heavy atom. The molecular weight excluding hydrogens is 997 g/mol. The number of methoxy groups -OCH3 is 1. The van der Waals surface area contributed by atoms with E-state index in [9.17, 15) is 30.3 Å². The second-order valence-electron chi connectivity index (χ2n) is 24.4. The van der Waals surface area contributed by atoms with Crippen LogP contribution in [0.3, 0.4) is 0 Å². The predicted molar refractivity (Wildman–Crippen MR) is 296 cm³/mol. The Hall–Kier alpha value is -3.63. The van der Waals surface area contributed by atoms with Crippen molar-refractivity contribution in [1.82, 2.24) is 24.8 Å². The summed E-state index contributed by atoms with van der Waals surface area (Å²) in [4.78, 5) is 21.0. The van der Waals surface area contributed by atoms with Gasteiger partial charge in [-0.2, -0.15) is 0 Å². The standard InChI is InChI=1S/C60H95N6O12/c1-14-49-60(10,72)53(68)41(6)63(11)34-37(2)32-58(8,71)55(39(4)52(40(5)56(70)76-49)77-50-33-59(9,73-13)54(69)42(7)75-50)78-57-51(67)48(31-38(3)74-57)64(12)35-43-23-25-44(26-24-43)46-36-66(62-61-46)29-20-16-15-19-28-65-30-27-45-21-17-18-22-47(45)65/h17-18,21-26,36-42,48-55,57,67-69,71H,14-16,19-20,27-35H2,1-13H3/q-1/t37-,38-,39+,40-,41-,42+,48+,49-,50+,51-,52+,53-,54+,55-,57+,58-,59-,60-/m1/s1. The Kier molecular flexibility index (Phi) is 21.1. The molecule has 0 unspecified atom stereocenters. The summed E-state index contributed by atoms with van der Waals surface area (Å²) in [7, 11) is 5.30. The molecule has 4 aliphatic rings. The third-order valence-electron chi connectivity index (χ3n) is 17.9. The van der Waals surface area contributed by atoms with Crippen LogP contribution in [0.25, 0.3) is 11.3 Å². The molecule has 0 radical (unpaired) electrons. The second kappa shape index (κ2) is 26.5. The van der Waals surface area contributed by atoms with Gasteiger partial charge < -0.3 is 63.8 Å². The Balaban J connectivity index is 1.05. The lowest BCUT2D eigenvalue weighted by Crippen LogP contribution is -2.66. The zero-order valence-corrected chi connectivity index (χ0v) is 49.0. The van der Waals surface area contributed by atoms with Crippen molar-refractivity contribution in [3.05, 3.63) is 65.9 Å². The van der Waals surface area contributed by atoms with Crippen LogP contribution in [-0.4, -0.2) is 182 Å². The quantitative estimate of drug-likeness (QED) is 0.0939. The molecule has 3 saturated heterocycles. The fraction of sp³-hybridized carbons (Fsp3) is 0.750. The number of aliphatic hydroxyl groups is 4. The molecule has 0 aliphatic carbocycles. The first-order valence-corrected chi connectivity index (χ1v) is 28.9. The number of nitrogens with zero attached hydrogens (tertiary/aromatic N) is 6. The third kappa shape index (κ3) is 14.5. The number of cyclic esters (lactones) is 1. The molecule has 438 valence electrons. The second-order valence-corrected chi connectivity index (χ2v) is 24.4. The minimum absolute atomic E-state index is 0.0995. The number of rotatable bonds is 17. The molecule has 18 nitrogen and oxygen atoms in total. The number of aryl methyl sites for hydroxylation is 1. The highest BCUT2D eigenvalue weighted by Crippen LogP contribution is 2.40. The molecule has 18 atom stereocenters. The molecule has 1 aromatic heterocycles. The van der Waals surface area contributed by atoms with Crippen molar-refractivity contribution in [3.63, 3.8) is 0 Å². The van der Waals surface area contributed by atoms with Crippen LogP contribution < -0.4 is 10.0 Å². The Morgan fingerprint density at radius 2 is 1.59 bits per heavy atom. The number of likely N-dealkylation sites (N-methyl/N-ethyl adjacent to an activating group) is 2. The summed E-state index contributed by atoms with van der Waals surface area (Å²) < 4.78 is 40.3. The molecule has 0 spiro atoms. The zero-order valence-electron chi connectivity index (χ0n) is 49.0. The lowest BCUT2D eigenvalue weighted by Gasteiger charge is -2.50. The summed E-state index contributed by atoms with van der Waals surface area (Å²) in [6, 6.07) is 15.9. The highest BCUT2D eigenvalue weighted by Gasteiger charge is 2.52. The van der Waals surface area contributed by atoms with E-state index in [1.54, 1.807) is 41.5 Å². The van der Waals surface area contributed by atoms with Crippen molar-refractivity contribution >= 4 is 11.7 Å². The number of fused-ring (bicyclic) bond motifs is 1. The van der Waals surface area contributed by atoms with Crippen molar-refractivity contribution in [3.8, 4) is 11.3 Å². The summed E-state index contributed by atoms with van der Waals surface area (Å²) in [5, 5.41) is 71.3. The van der Waals surface area contributed by atoms with Gasteiger partial charge in [0.1, 0.15) is 17.9 Å². The van der Waals surface area contributed by atoms with Gasteiger partial charge in [-0.15, -0.1) is 5.10 Å². The zero-order chi connectivity index (χ0) is 56.9. The molecule has 7 rings (SSSR count). The third-order valence-corrected chi connectivity index (χ3v) is 17.9. The molecule has 4 N–H and O–H groups in total. The number of para-hydroxylation sites is 1. The van der Waals surface area contributed by atoms with Crippen molar-refractivity contribution in [2.75, 3.05) is 45.7 Å². The fourth-order valence-electron chi connectivity index (χ4n) is 12.9. The largest absolute Gasteiger partial charge is 0.845 e. The van der Waals surface area contributed by atoms with Gasteiger partial charge in [0.25, 0.3) is 0 Å². The number of aliphatic hydroxyl groups excluding tert-OH is 3. The normalized spacial score (nSPS) is 37.7. The molecule has 78 heavy (non-hydrogen) atoms. The van der Waals surface area contributed by atoms with E-state index in [2.05, 4.69) is 68.6 Å². The van der Waals surface area contributed by atoms with Crippen LogP contribution in [0.2, 0.25) is 0 Å². The lowest BCUT2D eigenvalue weighted by atomic mass is 9.77. The number of carbonyl (C=O) groups excluding carboxylic acids is 1. The first-order valence-electron chi connectivity index (χ1n) is 28.9. The number of esters is 1. The lowest BCUT2D eigenvalue weighted by molar-refractivity contribution is -0.511. The summed E-state index contributed by atoms with van der Waals surface area (Å²) in [5.74, 6) is -2.85. The maximum atomic E-state index is 14.5.